The lowest BCUT2D eigenvalue weighted by Crippen LogP contribution is -2.20. The van der Waals surface area contributed by atoms with Crippen molar-refractivity contribution in [3.05, 3.63) is 65.4 Å². The van der Waals surface area contributed by atoms with Gasteiger partial charge in [0.15, 0.2) is 11.6 Å². The van der Waals surface area contributed by atoms with Gasteiger partial charge >= 0.3 is 0 Å². The maximum absolute atomic E-state index is 6.36. The van der Waals surface area contributed by atoms with E-state index in [9.17, 15) is 0 Å². The summed E-state index contributed by atoms with van der Waals surface area (Å²) >= 11 is 6.21. The molecule has 0 aliphatic carbocycles. The Hall–Kier alpha value is -2.79. The quantitative estimate of drug-likeness (QED) is 0.681. The van der Waals surface area contributed by atoms with Crippen molar-refractivity contribution in [2.24, 2.45) is 0 Å². The first-order valence-electron chi connectivity index (χ1n) is 8.06. The van der Waals surface area contributed by atoms with Crippen molar-refractivity contribution in [1.29, 1.82) is 0 Å². The number of anilines is 5. The number of para-hydroxylation sites is 1. The lowest BCUT2D eigenvalue weighted by atomic mass is 10.2. The van der Waals surface area contributed by atoms with Crippen molar-refractivity contribution in [2.75, 3.05) is 22.5 Å². The molecule has 0 spiro atoms. The number of nitrogen functional groups attached to an aromatic ring is 1. The molecule has 2 aromatic carbocycles. The molecule has 0 bridgehead atoms. The molecule has 6 heteroatoms. The number of nitrogens with zero attached hydrogens (tertiary/aromatic N) is 3. The van der Waals surface area contributed by atoms with Gasteiger partial charge in [-0.25, -0.2) is 9.97 Å². The van der Waals surface area contributed by atoms with Crippen LogP contribution in [0.4, 0.5) is 28.7 Å². The maximum Gasteiger partial charge on any atom is 0.161 e. The minimum absolute atomic E-state index is 0.478. The van der Waals surface area contributed by atoms with Crippen molar-refractivity contribution >= 4 is 40.3 Å². The maximum atomic E-state index is 6.36. The van der Waals surface area contributed by atoms with Crippen molar-refractivity contribution in [1.82, 2.24) is 9.97 Å². The molecule has 1 aromatic heterocycles. The van der Waals surface area contributed by atoms with Gasteiger partial charge in [0.25, 0.3) is 0 Å². The van der Waals surface area contributed by atoms with Crippen LogP contribution in [0, 0.1) is 6.92 Å². The summed E-state index contributed by atoms with van der Waals surface area (Å²) in [7, 11) is 0. The topological polar surface area (TPSA) is 67.1 Å². The van der Waals surface area contributed by atoms with E-state index in [0.717, 1.165) is 17.9 Å². The van der Waals surface area contributed by atoms with Crippen LogP contribution < -0.4 is 16.0 Å². The van der Waals surface area contributed by atoms with Gasteiger partial charge in [-0.15, -0.1) is 0 Å². The van der Waals surface area contributed by atoms with E-state index in [-0.39, 0.29) is 0 Å². The number of hydrogen-bond acceptors (Lipinski definition) is 5. The number of rotatable bonds is 5. The summed E-state index contributed by atoms with van der Waals surface area (Å²) in [6.45, 7) is 4.85. The molecule has 128 valence electrons. The zero-order valence-corrected chi connectivity index (χ0v) is 15.0. The van der Waals surface area contributed by atoms with E-state index >= 15 is 0 Å². The van der Waals surface area contributed by atoms with Crippen LogP contribution in [0.2, 0.25) is 5.02 Å². The zero-order chi connectivity index (χ0) is 17.8. The average Bonchev–Trinajstić information content (AvgIpc) is 2.61. The SMILES string of the molecule is CCN(c1cccc(C)c1)c1ncnc(Nc2ccccc2Cl)c1N. The Kier molecular flexibility index (Phi) is 5.05. The Morgan fingerprint density at radius 3 is 2.64 bits per heavy atom. The van der Waals surface area contributed by atoms with Gasteiger partial charge in [0.05, 0.1) is 10.7 Å². The molecule has 0 atom stereocenters. The van der Waals surface area contributed by atoms with E-state index in [1.54, 1.807) is 0 Å². The smallest absolute Gasteiger partial charge is 0.161 e. The Morgan fingerprint density at radius 1 is 1.12 bits per heavy atom. The molecule has 0 aliphatic heterocycles. The molecule has 0 saturated carbocycles. The number of nitrogens with two attached hydrogens (primary N) is 1. The minimum Gasteiger partial charge on any atom is -0.393 e. The first kappa shape index (κ1) is 17.0. The fourth-order valence-electron chi connectivity index (χ4n) is 2.64. The highest BCUT2D eigenvalue weighted by molar-refractivity contribution is 6.33. The summed E-state index contributed by atoms with van der Waals surface area (Å²) in [6, 6.07) is 15.7. The van der Waals surface area contributed by atoms with E-state index in [1.807, 2.05) is 36.4 Å². The molecule has 3 aromatic rings. The molecule has 0 saturated heterocycles. The first-order chi connectivity index (χ1) is 12.1. The molecule has 1 heterocycles. The highest BCUT2D eigenvalue weighted by Crippen LogP contribution is 2.34. The monoisotopic (exact) mass is 353 g/mol. The number of benzene rings is 2. The summed E-state index contributed by atoms with van der Waals surface area (Å²) in [5.74, 6) is 1.20. The second-order valence-electron chi connectivity index (χ2n) is 5.65. The molecule has 0 fully saturated rings. The van der Waals surface area contributed by atoms with Gasteiger partial charge in [0.1, 0.15) is 12.0 Å². The Balaban J connectivity index is 1.99. The van der Waals surface area contributed by atoms with Gasteiger partial charge in [-0.05, 0) is 43.7 Å². The fourth-order valence-corrected chi connectivity index (χ4v) is 2.82. The van der Waals surface area contributed by atoms with Crippen molar-refractivity contribution < 1.29 is 0 Å². The standard InChI is InChI=1S/C19H20ClN5/c1-3-25(14-8-6-7-13(2)11-14)19-17(21)18(22-12-23-19)24-16-10-5-4-9-15(16)20/h4-12H,3,21H2,1-2H3,(H,22,23,24). The summed E-state index contributed by atoms with van der Waals surface area (Å²) in [6.07, 6.45) is 1.50. The highest BCUT2D eigenvalue weighted by atomic mass is 35.5. The molecular weight excluding hydrogens is 334 g/mol. The lowest BCUT2D eigenvalue weighted by Gasteiger charge is -2.24. The Labute approximate surface area is 152 Å². The normalized spacial score (nSPS) is 10.5. The molecular formula is C19H20ClN5. The summed E-state index contributed by atoms with van der Waals surface area (Å²) < 4.78 is 0. The molecule has 0 unspecified atom stereocenters. The predicted octanol–water partition coefficient (Wildman–Crippen LogP) is 4.92. The van der Waals surface area contributed by atoms with Gasteiger partial charge < -0.3 is 16.0 Å². The molecule has 0 aliphatic rings. The lowest BCUT2D eigenvalue weighted by molar-refractivity contribution is 0.979. The van der Waals surface area contributed by atoms with Gasteiger partial charge in [0.2, 0.25) is 0 Å². The summed E-state index contributed by atoms with van der Waals surface area (Å²) in [4.78, 5) is 10.7. The van der Waals surface area contributed by atoms with Gasteiger partial charge in [-0.1, -0.05) is 35.9 Å². The minimum atomic E-state index is 0.478. The Bertz CT molecular complexity index is 881. The number of hydrogen-bond donors (Lipinski definition) is 2. The largest absolute Gasteiger partial charge is 0.393 e. The molecule has 0 amide bonds. The van der Waals surface area contributed by atoms with Crippen molar-refractivity contribution in [3.63, 3.8) is 0 Å². The third kappa shape index (κ3) is 3.67. The second-order valence-corrected chi connectivity index (χ2v) is 6.05. The third-order valence-electron chi connectivity index (χ3n) is 3.88. The molecule has 0 radical (unpaired) electrons. The van der Waals surface area contributed by atoms with Crippen LogP contribution in [0.25, 0.3) is 0 Å². The van der Waals surface area contributed by atoms with Crippen molar-refractivity contribution in [2.45, 2.75) is 13.8 Å². The van der Waals surface area contributed by atoms with Crippen LogP contribution >= 0.6 is 11.6 Å². The molecule has 25 heavy (non-hydrogen) atoms. The number of halogens is 1. The van der Waals surface area contributed by atoms with Gasteiger partial charge in [-0.2, -0.15) is 0 Å². The van der Waals surface area contributed by atoms with Crippen molar-refractivity contribution in [3.8, 4) is 0 Å². The van der Waals surface area contributed by atoms with E-state index in [4.69, 9.17) is 17.3 Å². The van der Waals surface area contributed by atoms with Gasteiger partial charge in [-0.3, -0.25) is 0 Å². The van der Waals surface area contributed by atoms with Crippen LogP contribution in [-0.4, -0.2) is 16.5 Å². The van der Waals surface area contributed by atoms with Gasteiger partial charge in [0, 0.05) is 12.2 Å². The molecule has 5 nitrogen and oxygen atoms in total. The highest BCUT2D eigenvalue weighted by Gasteiger charge is 2.16. The molecule has 3 rings (SSSR count). The number of nitrogens with one attached hydrogen (secondary N) is 1. The van der Waals surface area contributed by atoms with Crippen LogP contribution in [0.15, 0.2) is 54.9 Å². The second kappa shape index (κ2) is 7.40. The first-order valence-corrected chi connectivity index (χ1v) is 8.44. The van der Waals surface area contributed by atoms with Crippen LogP contribution in [0.3, 0.4) is 0 Å². The fraction of sp³-hybridized carbons (Fsp3) is 0.158. The van der Waals surface area contributed by atoms with Crippen LogP contribution in [0.1, 0.15) is 12.5 Å². The summed E-state index contributed by atoms with van der Waals surface area (Å²) in [5, 5.41) is 3.79. The number of aromatic nitrogens is 2. The predicted molar refractivity (Wildman–Crippen MR) is 105 cm³/mol. The Morgan fingerprint density at radius 2 is 1.92 bits per heavy atom. The van der Waals surface area contributed by atoms with E-state index in [2.05, 4.69) is 46.2 Å². The molecule has 3 N–H and O–H groups in total. The van der Waals surface area contributed by atoms with E-state index in [1.165, 1.54) is 11.9 Å². The van der Waals surface area contributed by atoms with Crippen LogP contribution in [0.5, 0.6) is 0 Å². The average molecular weight is 354 g/mol. The van der Waals surface area contributed by atoms with Crippen LogP contribution in [-0.2, 0) is 0 Å². The van der Waals surface area contributed by atoms with E-state index in [0.29, 0.717) is 22.3 Å². The third-order valence-corrected chi connectivity index (χ3v) is 4.20. The van der Waals surface area contributed by atoms with E-state index < -0.39 is 0 Å². The zero-order valence-electron chi connectivity index (χ0n) is 14.2. The summed E-state index contributed by atoms with van der Waals surface area (Å²) in [5.41, 5.74) is 9.80. The number of aryl methyl sites for hydroxylation is 1.